The Morgan fingerprint density at radius 3 is 2.09 bits per heavy atom. The van der Waals surface area contributed by atoms with E-state index in [2.05, 4.69) is 20.5 Å². The predicted molar refractivity (Wildman–Crippen MR) is 96.4 cm³/mol. The van der Waals surface area contributed by atoms with Crippen molar-refractivity contribution in [1.82, 2.24) is 4.98 Å². The summed E-state index contributed by atoms with van der Waals surface area (Å²) in [5.74, 6) is 0.503. The summed E-state index contributed by atoms with van der Waals surface area (Å²) in [6.45, 7) is 5.61. The second-order valence-electron chi connectivity index (χ2n) is 6.70. The third-order valence-electron chi connectivity index (χ3n) is 3.36. The molecule has 2 aromatic rings. The summed E-state index contributed by atoms with van der Waals surface area (Å²) < 4.78 is 0. The molecule has 1 heterocycles. The summed E-state index contributed by atoms with van der Waals surface area (Å²) in [5, 5.41) is 6.10. The largest absolute Gasteiger partial charge is 0.378 e. The average Bonchev–Trinajstić information content (AvgIpc) is 2.49. The zero-order chi connectivity index (χ0) is 17.0. The first-order valence-electron chi connectivity index (χ1n) is 7.57. The Kier molecular flexibility index (Phi) is 4.89. The van der Waals surface area contributed by atoms with Crippen LogP contribution in [-0.4, -0.2) is 25.0 Å². The molecule has 122 valence electrons. The van der Waals surface area contributed by atoms with Crippen LogP contribution in [-0.2, 0) is 4.79 Å². The fourth-order valence-corrected chi connectivity index (χ4v) is 1.86. The van der Waals surface area contributed by atoms with Crippen LogP contribution in [0.4, 0.5) is 22.9 Å². The van der Waals surface area contributed by atoms with E-state index in [4.69, 9.17) is 0 Å². The first-order valence-corrected chi connectivity index (χ1v) is 7.57. The number of hydrogen-bond acceptors (Lipinski definition) is 4. The molecule has 0 aliphatic carbocycles. The molecule has 0 atom stereocenters. The van der Waals surface area contributed by atoms with Crippen molar-refractivity contribution in [3.05, 3.63) is 42.6 Å². The van der Waals surface area contributed by atoms with Crippen LogP contribution in [0.5, 0.6) is 0 Å². The van der Waals surface area contributed by atoms with Crippen LogP contribution in [0.3, 0.4) is 0 Å². The fraction of sp³-hybridized carbons (Fsp3) is 0.333. The number of aromatic nitrogens is 1. The van der Waals surface area contributed by atoms with E-state index in [1.165, 1.54) is 0 Å². The Morgan fingerprint density at radius 1 is 1.00 bits per heavy atom. The molecule has 2 rings (SSSR count). The van der Waals surface area contributed by atoms with Gasteiger partial charge in [-0.2, -0.15) is 0 Å². The van der Waals surface area contributed by atoms with Gasteiger partial charge in [0.2, 0.25) is 5.91 Å². The van der Waals surface area contributed by atoms with E-state index in [-0.39, 0.29) is 5.91 Å². The van der Waals surface area contributed by atoms with Crippen LogP contribution >= 0.6 is 0 Å². The van der Waals surface area contributed by atoms with Crippen molar-refractivity contribution in [2.45, 2.75) is 20.8 Å². The number of rotatable bonds is 4. The molecule has 0 saturated heterocycles. The van der Waals surface area contributed by atoms with Crippen molar-refractivity contribution in [2.24, 2.45) is 5.41 Å². The highest BCUT2D eigenvalue weighted by molar-refractivity contribution is 5.93. The second kappa shape index (κ2) is 6.69. The molecular formula is C18H24N4O. The normalized spacial score (nSPS) is 11.0. The van der Waals surface area contributed by atoms with Crippen LogP contribution in [0.1, 0.15) is 20.8 Å². The van der Waals surface area contributed by atoms with Gasteiger partial charge < -0.3 is 15.5 Å². The molecular weight excluding hydrogens is 288 g/mol. The summed E-state index contributed by atoms with van der Waals surface area (Å²) in [7, 11) is 4.02. The fourth-order valence-electron chi connectivity index (χ4n) is 1.86. The Labute approximate surface area is 137 Å². The van der Waals surface area contributed by atoms with E-state index in [0.717, 1.165) is 17.1 Å². The zero-order valence-corrected chi connectivity index (χ0v) is 14.3. The molecule has 1 aromatic heterocycles. The van der Waals surface area contributed by atoms with Gasteiger partial charge in [0.05, 0.1) is 11.9 Å². The minimum atomic E-state index is -0.438. The van der Waals surface area contributed by atoms with Gasteiger partial charge in [-0.15, -0.1) is 0 Å². The average molecular weight is 312 g/mol. The molecule has 0 saturated carbocycles. The highest BCUT2D eigenvalue weighted by Gasteiger charge is 2.21. The molecule has 2 N–H and O–H groups in total. The third kappa shape index (κ3) is 4.71. The van der Waals surface area contributed by atoms with Gasteiger partial charge in [-0.3, -0.25) is 4.79 Å². The lowest BCUT2D eigenvalue weighted by molar-refractivity contribution is -0.123. The van der Waals surface area contributed by atoms with Crippen LogP contribution in [0, 0.1) is 5.41 Å². The van der Waals surface area contributed by atoms with Crippen molar-refractivity contribution in [3.63, 3.8) is 0 Å². The van der Waals surface area contributed by atoms with Crippen LogP contribution in [0.2, 0.25) is 0 Å². The van der Waals surface area contributed by atoms with Gasteiger partial charge in [0, 0.05) is 30.9 Å². The van der Waals surface area contributed by atoms with Gasteiger partial charge in [-0.05, 0) is 36.4 Å². The maximum absolute atomic E-state index is 11.9. The summed E-state index contributed by atoms with van der Waals surface area (Å²) in [6, 6.07) is 11.8. The first-order chi connectivity index (χ1) is 10.8. The quantitative estimate of drug-likeness (QED) is 0.899. The molecule has 0 aliphatic heterocycles. The number of hydrogen-bond donors (Lipinski definition) is 2. The Morgan fingerprint density at radius 2 is 1.61 bits per heavy atom. The molecule has 0 unspecified atom stereocenters. The van der Waals surface area contributed by atoms with Crippen molar-refractivity contribution in [2.75, 3.05) is 29.6 Å². The van der Waals surface area contributed by atoms with Gasteiger partial charge in [0.15, 0.2) is 0 Å². The highest BCUT2D eigenvalue weighted by Crippen LogP contribution is 2.21. The molecule has 5 heteroatoms. The lowest BCUT2D eigenvalue weighted by Gasteiger charge is -2.17. The number of amides is 1. The number of nitrogens with one attached hydrogen (secondary N) is 2. The van der Waals surface area contributed by atoms with E-state index >= 15 is 0 Å². The topological polar surface area (TPSA) is 57.3 Å². The standard InChI is InChI=1S/C18H24N4O/c1-18(2,3)17(23)21-16-11-8-14(12-19-16)20-13-6-9-15(10-7-13)22(4)5/h6-12,20H,1-5H3,(H,19,21,23). The first kappa shape index (κ1) is 16.8. The number of pyridine rings is 1. The minimum Gasteiger partial charge on any atom is -0.378 e. The Bertz CT molecular complexity index is 655. The molecule has 1 amide bonds. The zero-order valence-electron chi connectivity index (χ0n) is 14.3. The van der Waals surface area contributed by atoms with E-state index in [1.807, 2.05) is 65.2 Å². The predicted octanol–water partition coefficient (Wildman–Crippen LogP) is 3.88. The molecule has 1 aromatic carbocycles. The van der Waals surface area contributed by atoms with Crippen molar-refractivity contribution in [3.8, 4) is 0 Å². The maximum Gasteiger partial charge on any atom is 0.230 e. The van der Waals surface area contributed by atoms with E-state index in [1.54, 1.807) is 12.3 Å². The summed E-state index contributed by atoms with van der Waals surface area (Å²) in [5.41, 5.74) is 2.57. The number of carbonyl (C=O) groups is 1. The smallest absolute Gasteiger partial charge is 0.230 e. The minimum absolute atomic E-state index is 0.0509. The Hall–Kier alpha value is -2.56. The molecule has 0 radical (unpaired) electrons. The monoisotopic (exact) mass is 312 g/mol. The van der Waals surface area contributed by atoms with E-state index in [9.17, 15) is 4.79 Å². The van der Waals surface area contributed by atoms with Gasteiger partial charge in [-0.25, -0.2) is 4.98 Å². The van der Waals surface area contributed by atoms with E-state index < -0.39 is 5.41 Å². The van der Waals surface area contributed by atoms with Gasteiger partial charge >= 0.3 is 0 Å². The molecule has 0 spiro atoms. The molecule has 0 aliphatic rings. The van der Waals surface area contributed by atoms with Crippen LogP contribution in [0.15, 0.2) is 42.6 Å². The number of carbonyl (C=O) groups excluding carboxylic acids is 1. The molecule has 5 nitrogen and oxygen atoms in total. The molecule has 0 bridgehead atoms. The van der Waals surface area contributed by atoms with Gasteiger partial charge in [0.1, 0.15) is 5.82 Å². The molecule has 23 heavy (non-hydrogen) atoms. The number of nitrogens with zero attached hydrogens (tertiary/aromatic N) is 2. The lowest BCUT2D eigenvalue weighted by atomic mass is 9.96. The summed E-state index contributed by atoms with van der Waals surface area (Å²) >= 11 is 0. The van der Waals surface area contributed by atoms with Crippen molar-refractivity contribution < 1.29 is 4.79 Å². The lowest BCUT2D eigenvalue weighted by Crippen LogP contribution is -2.27. The van der Waals surface area contributed by atoms with Crippen LogP contribution in [0.25, 0.3) is 0 Å². The summed E-state index contributed by atoms with van der Waals surface area (Å²) in [4.78, 5) is 18.3. The third-order valence-corrected chi connectivity index (χ3v) is 3.36. The SMILES string of the molecule is CN(C)c1ccc(Nc2ccc(NC(=O)C(C)(C)C)nc2)cc1. The molecule has 0 fully saturated rings. The highest BCUT2D eigenvalue weighted by atomic mass is 16.2. The number of anilines is 4. The van der Waals surface area contributed by atoms with E-state index in [0.29, 0.717) is 5.82 Å². The maximum atomic E-state index is 11.9. The van der Waals surface area contributed by atoms with Gasteiger partial charge in [0.25, 0.3) is 0 Å². The van der Waals surface area contributed by atoms with Gasteiger partial charge in [-0.1, -0.05) is 20.8 Å². The Balaban J connectivity index is 2.01. The van der Waals surface area contributed by atoms with Crippen molar-refractivity contribution in [1.29, 1.82) is 0 Å². The number of benzene rings is 1. The summed E-state index contributed by atoms with van der Waals surface area (Å²) in [6.07, 6.45) is 1.71. The second-order valence-corrected chi connectivity index (χ2v) is 6.70. The van der Waals surface area contributed by atoms with Crippen molar-refractivity contribution >= 4 is 28.8 Å². The van der Waals surface area contributed by atoms with Crippen LogP contribution < -0.4 is 15.5 Å².